The average molecular weight is 578 g/mol. The third kappa shape index (κ3) is 6.86. The van der Waals surface area contributed by atoms with E-state index in [2.05, 4.69) is 56.2 Å². The molecule has 0 spiro atoms. The van der Waals surface area contributed by atoms with Crippen molar-refractivity contribution in [2.45, 2.75) is 77.0 Å². The van der Waals surface area contributed by atoms with Crippen molar-refractivity contribution in [3.05, 3.63) is 86.3 Å². The molecule has 0 aromatic heterocycles. The molecule has 32 heavy (non-hydrogen) atoms. The fraction of sp³-hybridized carbons (Fsp3) is 0.467. The molecular weight excluding hydrogens is 538 g/mol. The predicted octanol–water partition coefficient (Wildman–Crippen LogP) is 8.59. The SMILES string of the molecule is CC1c2cc(CC3CC[CH-]CC3)ccc2-c2ccc(CC3CC[CH-]CC3)cc21.[CH3-].[CH3-].[Y].[Y]. The quantitative estimate of drug-likeness (QED) is 0.319. The second kappa shape index (κ2) is 14.3. The Balaban J connectivity index is 0.00000128. The van der Waals surface area contributed by atoms with Crippen LogP contribution in [0.15, 0.2) is 36.4 Å². The molecule has 0 N–H and O–H groups in total. The van der Waals surface area contributed by atoms with Crippen molar-refractivity contribution in [3.8, 4) is 11.1 Å². The van der Waals surface area contributed by atoms with Crippen molar-refractivity contribution in [1.29, 1.82) is 0 Å². The summed E-state index contributed by atoms with van der Waals surface area (Å²) in [7, 11) is 0. The van der Waals surface area contributed by atoms with Crippen LogP contribution in [-0.4, -0.2) is 0 Å². The first-order chi connectivity index (χ1) is 13.8. The van der Waals surface area contributed by atoms with Crippen LogP contribution in [0.25, 0.3) is 11.1 Å². The Labute approximate surface area is 249 Å². The Morgan fingerprint density at radius 2 is 1.03 bits per heavy atom. The van der Waals surface area contributed by atoms with E-state index in [1.54, 1.807) is 22.3 Å². The molecule has 3 aliphatic rings. The minimum atomic E-state index is 0. The van der Waals surface area contributed by atoms with Crippen LogP contribution in [0.4, 0.5) is 0 Å². The summed E-state index contributed by atoms with van der Waals surface area (Å²) in [5, 5.41) is 0. The van der Waals surface area contributed by atoms with Gasteiger partial charge in [-0.15, -0.1) is 0 Å². The zero-order chi connectivity index (χ0) is 18.9. The van der Waals surface area contributed by atoms with E-state index in [0.29, 0.717) is 5.92 Å². The van der Waals surface area contributed by atoms with Gasteiger partial charge in [-0.3, -0.25) is 0 Å². The van der Waals surface area contributed by atoms with E-state index in [1.807, 2.05) is 0 Å². The molecule has 0 amide bonds. The summed E-state index contributed by atoms with van der Waals surface area (Å²) in [4.78, 5) is 0. The molecule has 0 unspecified atom stereocenters. The van der Waals surface area contributed by atoms with Gasteiger partial charge in [-0.2, -0.15) is 25.7 Å². The number of rotatable bonds is 4. The number of fused-ring (bicyclic) bond motifs is 3. The van der Waals surface area contributed by atoms with E-state index in [1.165, 1.54) is 75.3 Å². The summed E-state index contributed by atoms with van der Waals surface area (Å²) in [6, 6.07) is 14.7. The van der Waals surface area contributed by atoms with Gasteiger partial charge in [0.1, 0.15) is 0 Å². The molecule has 0 atom stereocenters. The van der Waals surface area contributed by atoms with Crippen molar-refractivity contribution < 1.29 is 65.4 Å². The Kier molecular flexibility index (Phi) is 13.7. The maximum Gasteiger partial charge on any atom is 0.00735 e. The third-order valence-electron chi connectivity index (χ3n) is 7.62. The molecule has 0 nitrogen and oxygen atoms in total. The topological polar surface area (TPSA) is 0 Å². The molecule has 2 fully saturated rings. The van der Waals surface area contributed by atoms with Gasteiger partial charge in [0.05, 0.1) is 0 Å². The maximum atomic E-state index is 2.54. The van der Waals surface area contributed by atoms with Gasteiger partial charge in [0.2, 0.25) is 0 Å². The minimum absolute atomic E-state index is 0. The van der Waals surface area contributed by atoms with Crippen LogP contribution in [0.3, 0.4) is 0 Å². The fourth-order valence-electron chi connectivity index (χ4n) is 5.92. The first-order valence-electron chi connectivity index (χ1n) is 11.7. The summed E-state index contributed by atoms with van der Waals surface area (Å²) in [6.07, 6.45) is 18.3. The average Bonchev–Trinajstić information content (AvgIpc) is 3.01. The summed E-state index contributed by atoms with van der Waals surface area (Å²) in [6.45, 7) is 2.42. The molecule has 2 heteroatoms. The van der Waals surface area contributed by atoms with E-state index in [0.717, 1.165) is 11.8 Å². The largest absolute Gasteiger partial charge is 0.358 e. The van der Waals surface area contributed by atoms with Crippen molar-refractivity contribution in [2.75, 3.05) is 0 Å². The van der Waals surface area contributed by atoms with E-state index >= 15 is 0 Å². The van der Waals surface area contributed by atoms with Crippen LogP contribution in [0.5, 0.6) is 0 Å². The predicted molar refractivity (Wildman–Crippen MR) is 132 cm³/mol. The maximum absolute atomic E-state index is 2.54. The van der Waals surface area contributed by atoms with Gasteiger partial charge in [-0.25, -0.2) is 0 Å². The molecular formula is C30H40Y2-4. The summed E-state index contributed by atoms with van der Waals surface area (Å²) >= 11 is 0. The number of hydrogen-bond acceptors (Lipinski definition) is 0. The Morgan fingerprint density at radius 3 is 1.41 bits per heavy atom. The van der Waals surface area contributed by atoms with Gasteiger partial charge in [0.15, 0.2) is 0 Å². The van der Waals surface area contributed by atoms with E-state index in [-0.39, 0.29) is 80.3 Å². The van der Waals surface area contributed by atoms with Crippen LogP contribution in [0.2, 0.25) is 0 Å². The number of hydrogen-bond donors (Lipinski definition) is 0. The van der Waals surface area contributed by atoms with Gasteiger partial charge in [-0.05, 0) is 58.1 Å². The molecule has 2 aromatic carbocycles. The normalized spacial score (nSPS) is 18.3. The zero-order valence-corrected chi connectivity index (χ0v) is 26.3. The molecule has 0 heterocycles. The first kappa shape index (κ1) is 30.7. The molecule has 2 aromatic rings. The fourth-order valence-corrected chi connectivity index (χ4v) is 5.92. The van der Waals surface area contributed by atoms with E-state index in [4.69, 9.17) is 0 Å². The van der Waals surface area contributed by atoms with Crippen molar-refractivity contribution in [1.82, 2.24) is 0 Å². The van der Waals surface area contributed by atoms with Gasteiger partial charge < -0.3 is 27.7 Å². The van der Waals surface area contributed by atoms with Gasteiger partial charge >= 0.3 is 0 Å². The van der Waals surface area contributed by atoms with Crippen LogP contribution in [0, 0.1) is 39.5 Å². The molecule has 0 bridgehead atoms. The summed E-state index contributed by atoms with van der Waals surface area (Å²) < 4.78 is 0. The molecule has 170 valence electrons. The second-order valence-electron chi connectivity index (χ2n) is 9.59. The Morgan fingerprint density at radius 1 is 0.656 bits per heavy atom. The third-order valence-corrected chi connectivity index (χ3v) is 7.62. The van der Waals surface area contributed by atoms with Crippen molar-refractivity contribution in [3.63, 3.8) is 0 Å². The van der Waals surface area contributed by atoms with Crippen molar-refractivity contribution in [2.24, 2.45) is 11.8 Å². The van der Waals surface area contributed by atoms with Crippen LogP contribution < -0.4 is 0 Å². The molecule has 3 aliphatic carbocycles. The molecule has 2 saturated carbocycles. The van der Waals surface area contributed by atoms with Crippen LogP contribution >= 0.6 is 0 Å². The summed E-state index contributed by atoms with van der Waals surface area (Å²) in [5.74, 6) is 2.33. The van der Waals surface area contributed by atoms with Crippen LogP contribution in [-0.2, 0) is 78.3 Å². The minimum Gasteiger partial charge on any atom is -0.358 e. The standard InChI is InChI=1S/C28H34.2CH3.2Y/c1-20-27-18-23(16-21-8-4-2-5-9-21)12-14-25(27)26-15-13-24(19-28(20)26)17-22-10-6-3-7-11-22;;;;/h2-3,12-15,18-22H,4-11,16-17H2,1H3;2*1H3;;/q-2;2*-1;;. The Hall–Kier alpha value is 0.648. The van der Waals surface area contributed by atoms with E-state index in [9.17, 15) is 0 Å². The molecule has 0 saturated heterocycles. The number of benzene rings is 2. The van der Waals surface area contributed by atoms with Gasteiger partial charge in [0.25, 0.3) is 0 Å². The van der Waals surface area contributed by atoms with E-state index < -0.39 is 0 Å². The monoisotopic (exact) mass is 578 g/mol. The van der Waals surface area contributed by atoms with Crippen molar-refractivity contribution >= 4 is 0 Å². The molecule has 0 aliphatic heterocycles. The molecule has 2 radical (unpaired) electrons. The molecule has 5 rings (SSSR count). The van der Waals surface area contributed by atoms with Gasteiger partial charge in [0, 0.05) is 71.3 Å². The smallest absolute Gasteiger partial charge is 0.00735 e. The first-order valence-corrected chi connectivity index (χ1v) is 11.7. The van der Waals surface area contributed by atoms with Crippen LogP contribution in [0.1, 0.15) is 86.5 Å². The van der Waals surface area contributed by atoms with Gasteiger partial charge in [-0.1, -0.05) is 69.0 Å². The Bertz CT molecular complexity index is 759. The second-order valence-corrected chi connectivity index (χ2v) is 9.59. The zero-order valence-electron chi connectivity index (χ0n) is 20.6. The summed E-state index contributed by atoms with van der Waals surface area (Å²) in [5.41, 5.74) is 9.23.